The molecule has 1 aliphatic rings. The Morgan fingerprint density at radius 2 is 2.30 bits per heavy atom. The van der Waals surface area contributed by atoms with E-state index >= 15 is 0 Å². The van der Waals surface area contributed by atoms with Crippen LogP contribution in [-0.4, -0.2) is 24.1 Å². The van der Waals surface area contributed by atoms with Crippen LogP contribution >= 0.6 is 11.8 Å². The molecule has 0 amide bonds. The van der Waals surface area contributed by atoms with E-state index in [0.29, 0.717) is 0 Å². The second-order valence-corrected chi connectivity index (χ2v) is 4.23. The Morgan fingerprint density at radius 3 is 3.00 bits per heavy atom. The molecular weight excluding hydrogens is 142 g/mol. The van der Waals surface area contributed by atoms with Crippen LogP contribution in [0.1, 0.15) is 20.3 Å². The van der Waals surface area contributed by atoms with Crippen molar-refractivity contribution in [3.05, 3.63) is 0 Å². The molecule has 1 N–H and O–H groups in total. The Bertz CT molecular complexity index is 95.3. The number of thioether (sulfide) groups is 1. The molecule has 1 aliphatic heterocycles. The highest BCUT2D eigenvalue weighted by Gasteiger charge is 2.12. The van der Waals surface area contributed by atoms with Crippen molar-refractivity contribution in [3.63, 3.8) is 0 Å². The Kier molecular flexibility index (Phi) is 3.57. The molecule has 0 aliphatic carbocycles. The van der Waals surface area contributed by atoms with Gasteiger partial charge >= 0.3 is 0 Å². The van der Waals surface area contributed by atoms with Crippen LogP contribution in [0.3, 0.4) is 0 Å². The Hall–Kier alpha value is 0.310. The van der Waals surface area contributed by atoms with Gasteiger partial charge in [-0.1, -0.05) is 13.8 Å². The van der Waals surface area contributed by atoms with Gasteiger partial charge in [-0.3, -0.25) is 0 Å². The summed E-state index contributed by atoms with van der Waals surface area (Å²) in [6, 6.07) is 0.773. The molecule has 1 heterocycles. The lowest BCUT2D eigenvalue weighted by Crippen LogP contribution is -2.31. The van der Waals surface area contributed by atoms with E-state index < -0.39 is 0 Å². The third-order valence-electron chi connectivity index (χ3n) is 1.97. The van der Waals surface area contributed by atoms with Crippen molar-refractivity contribution in [3.8, 4) is 0 Å². The van der Waals surface area contributed by atoms with Gasteiger partial charge in [-0.25, -0.2) is 0 Å². The van der Waals surface area contributed by atoms with E-state index in [-0.39, 0.29) is 0 Å². The molecule has 2 heteroatoms. The molecule has 60 valence electrons. The minimum Gasteiger partial charge on any atom is -0.313 e. The normalized spacial score (nSPS) is 35.4. The molecule has 2 unspecified atom stereocenters. The average molecular weight is 159 g/mol. The van der Waals surface area contributed by atoms with Crippen LogP contribution in [0.5, 0.6) is 0 Å². The molecule has 1 saturated heterocycles. The molecule has 0 bridgehead atoms. The quantitative estimate of drug-likeness (QED) is 0.625. The standard InChI is InChI=1S/C8H17NS/c1-3-8-6-10-5-7(2)4-9-8/h7-9H,3-6H2,1-2H3. The van der Waals surface area contributed by atoms with E-state index in [4.69, 9.17) is 0 Å². The van der Waals surface area contributed by atoms with Crippen molar-refractivity contribution in [2.45, 2.75) is 26.3 Å². The molecule has 10 heavy (non-hydrogen) atoms. The number of hydrogen-bond donors (Lipinski definition) is 1. The summed E-state index contributed by atoms with van der Waals surface area (Å²) in [6.45, 7) is 5.79. The van der Waals surface area contributed by atoms with Gasteiger partial charge < -0.3 is 5.32 Å². The van der Waals surface area contributed by atoms with Gasteiger partial charge in [0.1, 0.15) is 0 Å². The first-order chi connectivity index (χ1) is 4.83. The van der Waals surface area contributed by atoms with Gasteiger partial charge in [-0.05, 0) is 24.6 Å². The third kappa shape index (κ3) is 2.51. The fraction of sp³-hybridized carbons (Fsp3) is 1.00. The molecule has 0 aromatic rings. The van der Waals surface area contributed by atoms with Crippen molar-refractivity contribution >= 4 is 11.8 Å². The highest BCUT2D eigenvalue weighted by molar-refractivity contribution is 7.99. The van der Waals surface area contributed by atoms with Gasteiger partial charge in [0.25, 0.3) is 0 Å². The van der Waals surface area contributed by atoms with Crippen LogP contribution in [0.15, 0.2) is 0 Å². The first-order valence-electron chi connectivity index (χ1n) is 4.14. The van der Waals surface area contributed by atoms with E-state index in [1.54, 1.807) is 0 Å². The van der Waals surface area contributed by atoms with Crippen LogP contribution in [0.25, 0.3) is 0 Å². The van der Waals surface area contributed by atoms with Crippen molar-refractivity contribution in [1.82, 2.24) is 5.32 Å². The number of rotatable bonds is 1. The maximum atomic E-state index is 3.56. The fourth-order valence-corrected chi connectivity index (χ4v) is 2.45. The monoisotopic (exact) mass is 159 g/mol. The van der Waals surface area contributed by atoms with Crippen LogP contribution < -0.4 is 5.32 Å². The molecule has 0 radical (unpaired) electrons. The molecule has 0 saturated carbocycles. The van der Waals surface area contributed by atoms with E-state index in [9.17, 15) is 0 Å². The van der Waals surface area contributed by atoms with E-state index in [1.807, 2.05) is 0 Å². The SMILES string of the molecule is CCC1CSCC(C)CN1. The maximum absolute atomic E-state index is 3.56. The zero-order valence-electron chi connectivity index (χ0n) is 6.89. The Morgan fingerprint density at radius 1 is 1.50 bits per heavy atom. The van der Waals surface area contributed by atoms with E-state index in [1.165, 1.54) is 24.5 Å². The summed E-state index contributed by atoms with van der Waals surface area (Å²) in [5, 5.41) is 3.56. The van der Waals surface area contributed by atoms with Gasteiger partial charge in [-0.2, -0.15) is 11.8 Å². The lowest BCUT2D eigenvalue weighted by atomic mass is 10.2. The molecule has 1 rings (SSSR count). The van der Waals surface area contributed by atoms with Crippen molar-refractivity contribution in [2.75, 3.05) is 18.1 Å². The first kappa shape index (κ1) is 8.41. The van der Waals surface area contributed by atoms with Gasteiger partial charge in [0.2, 0.25) is 0 Å². The summed E-state index contributed by atoms with van der Waals surface area (Å²) in [5.74, 6) is 3.51. The third-order valence-corrected chi connectivity index (χ3v) is 3.41. The topological polar surface area (TPSA) is 12.0 Å². The summed E-state index contributed by atoms with van der Waals surface area (Å²) in [4.78, 5) is 0. The average Bonchev–Trinajstić information content (AvgIpc) is 2.14. The van der Waals surface area contributed by atoms with Crippen molar-refractivity contribution < 1.29 is 0 Å². The summed E-state index contributed by atoms with van der Waals surface area (Å²) < 4.78 is 0. The van der Waals surface area contributed by atoms with E-state index in [0.717, 1.165) is 12.0 Å². The fourth-order valence-electron chi connectivity index (χ4n) is 1.16. The summed E-state index contributed by atoms with van der Waals surface area (Å²) >= 11 is 2.09. The zero-order chi connectivity index (χ0) is 7.40. The Balaban J connectivity index is 2.26. The van der Waals surface area contributed by atoms with E-state index in [2.05, 4.69) is 30.9 Å². The number of hydrogen-bond acceptors (Lipinski definition) is 2. The Labute approximate surface area is 68.0 Å². The predicted molar refractivity (Wildman–Crippen MR) is 48.6 cm³/mol. The molecule has 0 spiro atoms. The second-order valence-electron chi connectivity index (χ2n) is 3.16. The molecule has 1 fully saturated rings. The van der Waals surface area contributed by atoms with Gasteiger partial charge in [0.05, 0.1) is 0 Å². The highest BCUT2D eigenvalue weighted by atomic mass is 32.2. The maximum Gasteiger partial charge on any atom is 0.0155 e. The minimum absolute atomic E-state index is 0.773. The van der Waals surface area contributed by atoms with Crippen LogP contribution in [-0.2, 0) is 0 Å². The van der Waals surface area contributed by atoms with Gasteiger partial charge in [0.15, 0.2) is 0 Å². The molecule has 2 atom stereocenters. The van der Waals surface area contributed by atoms with Crippen molar-refractivity contribution in [1.29, 1.82) is 0 Å². The van der Waals surface area contributed by atoms with Crippen LogP contribution in [0.4, 0.5) is 0 Å². The molecular formula is C8H17NS. The lowest BCUT2D eigenvalue weighted by Gasteiger charge is -2.12. The highest BCUT2D eigenvalue weighted by Crippen LogP contribution is 2.14. The van der Waals surface area contributed by atoms with Crippen LogP contribution in [0.2, 0.25) is 0 Å². The molecule has 0 aromatic carbocycles. The van der Waals surface area contributed by atoms with Gasteiger partial charge in [0, 0.05) is 11.8 Å². The van der Waals surface area contributed by atoms with Gasteiger partial charge in [-0.15, -0.1) is 0 Å². The lowest BCUT2D eigenvalue weighted by molar-refractivity contribution is 0.495. The predicted octanol–water partition coefficient (Wildman–Crippen LogP) is 1.74. The summed E-state index contributed by atoms with van der Waals surface area (Å²) in [6.07, 6.45) is 1.28. The van der Waals surface area contributed by atoms with Crippen molar-refractivity contribution in [2.24, 2.45) is 5.92 Å². The molecule has 0 aromatic heterocycles. The first-order valence-corrected chi connectivity index (χ1v) is 5.29. The largest absolute Gasteiger partial charge is 0.313 e. The minimum atomic E-state index is 0.773. The summed E-state index contributed by atoms with van der Waals surface area (Å²) in [7, 11) is 0. The number of nitrogens with one attached hydrogen (secondary N) is 1. The molecule has 1 nitrogen and oxygen atoms in total. The zero-order valence-corrected chi connectivity index (χ0v) is 7.71. The van der Waals surface area contributed by atoms with Crippen LogP contribution in [0, 0.1) is 5.92 Å². The second kappa shape index (κ2) is 4.24. The smallest absolute Gasteiger partial charge is 0.0155 e. The summed E-state index contributed by atoms with van der Waals surface area (Å²) in [5.41, 5.74) is 0.